The Morgan fingerprint density at radius 3 is 3.00 bits per heavy atom. The molecule has 1 aromatic heterocycles. The van der Waals surface area contributed by atoms with Gasteiger partial charge in [0.25, 0.3) is 0 Å². The smallest absolute Gasteiger partial charge is 0.147 e. The SMILES string of the molecule is NCC(c1ccc(F)cc1Br)N1CCn2cnnc2C1. The molecule has 1 atom stereocenters. The highest BCUT2D eigenvalue weighted by atomic mass is 79.9. The molecule has 2 N–H and O–H groups in total. The molecule has 1 aliphatic rings. The third kappa shape index (κ3) is 2.48. The molecule has 1 aromatic carbocycles. The lowest BCUT2D eigenvalue weighted by Crippen LogP contribution is -2.39. The topological polar surface area (TPSA) is 60.0 Å². The fraction of sp³-hybridized carbons (Fsp3) is 0.385. The van der Waals surface area contributed by atoms with Gasteiger partial charge in [0.1, 0.15) is 18.0 Å². The van der Waals surface area contributed by atoms with E-state index in [0.29, 0.717) is 13.1 Å². The summed E-state index contributed by atoms with van der Waals surface area (Å²) >= 11 is 3.42. The minimum absolute atomic E-state index is 0.0374. The Kier molecular flexibility index (Phi) is 3.82. The van der Waals surface area contributed by atoms with Crippen LogP contribution in [0.4, 0.5) is 4.39 Å². The third-order valence-corrected chi connectivity index (χ3v) is 4.34. The van der Waals surface area contributed by atoms with Gasteiger partial charge in [0.2, 0.25) is 0 Å². The van der Waals surface area contributed by atoms with Crippen LogP contribution in [0.1, 0.15) is 17.4 Å². The molecule has 7 heteroatoms. The Hall–Kier alpha value is -1.31. The predicted octanol–water partition coefficient (Wildman–Crippen LogP) is 1.70. The van der Waals surface area contributed by atoms with E-state index in [4.69, 9.17) is 5.73 Å². The van der Waals surface area contributed by atoms with Crippen LogP contribution in [-0.4, -0.2) is 32.8 Å². The van der Waals surface area contributed by atoms with Crippen LogP contribution in [0.25, 0.3) is 0 Å². The molecular formula is C13H15BrFN5. The maximum absolute atomic E-state index is 13.2. The Balaban J connectivity index is 1.87. The van der Waals surface area contributed by atoms with Crippen LogP contribution in [0.5, 0.6) is 0 Å². The number of nitrogens with zero attached hydrogens (tertiary/aromatic N) is 4. The van der Waals surface area contributed by atoms with E-state index in [-0.39, 0.29) is 11.9 Å². The van der Waals surface area contributed by atoms with Crippen LogP contribution in [0, 0.1) is 5.82 Å². The van der Waals surface area contributed by atoms with Gasteiger partial charge in [-0.3, -0.25) is 4.90 Å². The second-order valence-corrected chi connectivity index (χ2v) is 5.68. The molecule has 1 aliphatic heterocycles. The van der Waals surface area contributed by atoms with E-state index in [0.717, 1.165) is 29.0 Å². The number of nitrogens with two attached hydrogens (primary N) is 1. The molecule has 0 saturated carbocycles. The molecule has 0 bridgehead atoms. The van der Waals surface area contributed by atoms with Gasteiger partial charge in [-0.05, 0) is 17.7 Å². The summed E-state index contributed by atoms with van der Waals surface area (Å²) in [5.41, 5.74) is 6.94. The van der Waals surface area contributed by atoms with Crippen molar-refractivity contribution in [1.29, 1.82) is 0 Å². The lowest BCUT2D eigenvalue weighted by molar-refractivity contribution is 0.156. The lowest BCUT2D eigenvalue weighted by atomic mass is 10.0. The molecule has 0 saturated heterocycles. The first-order valence-electron chi connectivity index (χ1n) is 6.45. The summed E-state index contributed by atoms with van der Waals surface area (Å²) in [6.07, 6.45) is 1.75. The highest BCUT2D eigenvalue weighted by Gasteiger charge is 2.26. The van der Waals surface area contributed by atoms with Crippen molar-refractivity contribution in [1.82, 2.24) is 19.7 Å². The monoisotopic (exact) mass is 339 g/mol. The minimum Gasteiger partial charge on any atom is -0.329 e. The molecule has 0 fully saturated rings. The number of halogens is 2. The Morgan fingerprint density at radius 1 is 1.40 bits per heavy atom. The number of fused-ring (bicyclic) bond motifs is 1. The molecule has 0 radical (unpaired) electrons. The zero-order valence-corrected chi connectivity index (χ0v) is 12.4. The standard InChI is InChI=1S/C13H15BrFN5/c14-11-5-9(15)1-2-10(11)12(6-16)19-3-4-20-8-17-18-13(20)7-19/h1-2,5,8,12H,3-4,6-7,16H2. The number of hydrogen-bond donors (Lipinski definition) is 1. The summed E-state index contributed by atoms with van der Waals surface area (Å²) in [7, 11) is 0. The van der Waals surface area contributed by atoms with Crippen LogP contribution in [0.3, 0.4) is 0 Å². The van der Waals surface area contributed by atoms with Gasteiger partial charge in [-0.1, -0.05) is 22.0 Å². The summed E-state index contributed by atoms with van der Waals surface area (Å²) in [6, 6.07) is 4.77. The van der Waals surface area contributed by atoms with Crippen molar-refractivity contribution in [2.75, 3.05) is 13.1 Å². The van der Waals surface area contributed by atoms with Crippen molar-refractivity contribution >= 4 is 15.9 Å². The molecule has 0 aliphatic carbocycles. The largest absolute Gasteiger partial charge is 0.329 e. The first-order chi connectivity index (χ1) is 9.69. The quantitative estimate of drug-likeness (QED) is 0.924. The van der Waals surface area contributed by atoms with E-state index in [1.807, 2.05) is 4.57 Å². The van der Waals surface area contributed by atoms with Crippen LogP contribution < -0.4 is 5.73 Å². The summed E-state index contributed by atoms with van der Waals surface area (Å²) in [5.74, 6) is 0.683. The summed E-state index contributed by atoms with van der Waals surface area (Å²) in [4.78, 5) is 2.25. The van der Waals surface area contributed by atoms with Gasteiger partial charge in [0, 0.05) is 30.1 Å². The molecule has 20 heavy (non-hydrogen) atoms. The first kappa shape index (κ1) is 13.7. The van der Waals surface area contributed by atoms with E-state index in [1.54, 1.807) is 12.4 Å². The maximum Gasteiger partial charge on any atom is 0.147 e. The van der Waals surface area contributed by atoms with E-state index < -0.39 is 0 Å². The number of aromatic nitrogens is 3. The molecule has 106 valence electrons. The Bertz CT molecular complexity index is 615. The maximum atomic E-state index is 13.2. The third-order valence-electron chi connectivity index (χ3n) is 3.65. The highest BCUT2D eigenvalue weighted by Crippen LogP contribution is 2.30. The van der Waals surface area contributed by atoms with E-state index >= 15 is 0 Å². The van der Waals surface area contributed by atoms with Gasteiger partial charge in [-0.2, -0.15) is 0 Å². The van der Waals surface area contributed by atoms with Gasteiger partial charge in [0.15, 0.2) is 0 Å². The normalized spacial score (nSPS) is 16.9. The molecule has 2 aromatic rings. The van der Waals surface area contributed by atoms with Gasteiger partial charge in [-0.25, -0.2) is 4.39 Å². The minimum atomic E-state index is -0.255. The average molecular weight is 340 g/mol. The van der Waals surface area contributed by atoms with Crippen LogP contribution in [0.2, 0.25) is 0 Å². The van der Waals surface area contributed by atoms with E-state index in [2.05, 4.69) is 31.0 Å². The molecule has 5 nitrogen and oxygen atoms in total. The van der Waals surface area contributed by atoms with Crippen molar-refractivity contribution < 1.29 is 4.39 Å². The van der Waals surface area contributed by atoms with Crippen LogP contribution in [0.15, 0.2) is 29.0 Å². The van der Waals surface area contributed by atoms with Crippen LogP contribution >= 0.6 is 15.9 Å². The Morgan fingerprint density at radius 2 is 2.25 bits per heavy atom. The highest BCUT2D eigenvalue weighted by molar-refractivity contribution is 9.10. The second kappa shape index (κ2) is 5.59. The van der Waals surface area contributed by atoms with E-state index in [1.165, 1.54) is 12.1 Å². The van der Waals surface area contributed by atoms with Crippen molar-refractivity contribution in [2.45, 2.75) is 19.1 Å². The second-order valence-electron chi connectivity index (χ2n) is 4.83. The average Bonchev–Trinajstić information content (AvgIpc) is 2.89. The Labute approximate surface area is 124 Å². The molecule has 3 rings (SSSR count). The molecule has 0 spiro atoms. The summed E-state index contributed by atoms with van der Waals surface area (Å²) < 4.78 is 16.0. The zero-order valence-electron chi connectivity index (χ0n) is 10.8. The van der Waals surface area contributed by atoms with Gasteiger partial charge in [0.05, 0.1) is 6.54 Å². The summed E-state index contributed by atoms with van der Waals surface area (Å²) in [6.45, 7) is 2.89. The van der Waals surface area contributed by atoms with Crippen molar-refractivity contribution in [3.63, 3.8) is 0 Å². The van der Waals surface area contributed by atoms with Gasteiger partial charge >= 0.3 is 0 Å². The number of hydrogen-bond acceptors (Lipinski definition) is 4. The molecule has 1 unspecified atom stereocenters. The fourth-order valence-corrected chi connectivity index (χ4v) is 3.21. The first-order valence-corrected chi connectivity index (χ1v) is 7.24. The number of benzene rings is 1. The van der Waals surface area contributed by atoms with Gasteiger partial charge in [-0.15, -0.1) is 10.2 Å². The van der Waals surface area contributed by atoms with Crippen LogP contribution in [-0.2, 0) is 13.1 Å². The van der Waals surface area contributed by atoms with E-state index in [9.17, 15) is 4.39 Å². The van der Waals surface area contributed by atoms with Crippen molar-refractivity contribution in [3.8, 4) is 0 Å². The molecule has 0 amide bonds. The van der Waals surface area contributed by atoms with Crippen molar-refractivity contribution in [2.24, 2.45) is 5.73 Å². The molecular weight excluding hydrogens is 325 g/mol. The van der Waals surface area contributed by atoms with Crippen molar-refractivity contribution in [3.05, 3.63) is 46.2 Å². The predicted molar refractivity (Wildman–Crippen MR) is 76.3 cm³/mol. The lowest BCUT2D eigenvalue weighted by Gasteiger charge is -2.34. The summed E-state index contributed by atoms with van der Waals surface area (Å²) in [5, 5.41) is 8.03. The molecule has 2 heterocycles. The number of rotatable bonds is 3. The zero-order chi connectivity index (χ0) is 14.1. The fourth-order valence-electron chi connectivity index (χ4n) is 2.60. The van der Waals surface area contributed by atoms with Gasteiger partial charge < -0.3 is 10.3 Å².